The first-order chi connectivity index (χ1) is 16.2. The summed E-state index contributed by atoms with van der Waals surface area (Å²) in [7, 11) is 2.96. The van der Waals surface area contributed by atoms with Gasteiger partial charge in [-0.2, -0.15) is 13.2 Å². The lowest BCUT2D eigenvalue weighted by Crippen LogP contribution is -2.05. The van der Waals surface area contributed by atoms with Crippen LogP contribution in [0.3, 0.4) is 0 Å². The Morgan fingerprint density at radius 2 is 1.71 bits per heavy atom. The van der Waals surface area contributed by atoms with Gasteiger partial charge in [0, 0.05) is 34.8 Å². The lowest BCUT2D eigenvalue weighted by molar-refractivity contribution is -0.384. The number of nitro benzene ring substituents is 1. The number of halogens is 3. The van der Waals surface area contributed by atoms with Crippen molar-refractivity contribution in [1.29, 1.82) is 0 Å². The zero-order valence-corrected chi connectivity index (χ0v) is 17.9. The maximum atomic E-state index is 13.2. The highest BCUT2D eigenvalue weighted by Crippen LogP contribution is 2.35. The summed E-state index contributed by atoms with van der Waals surface area (Å²) in [5.41, 5.74) is -0.0503. The Morgan fingerprint density at radius 1 is 0.941 bits per heavy atom. The third-order valence-electron chi connectivity index (χ3n) is 4.98. The number of benzene rings is 3. The number of hydrogen-bond donors (Lipinski definition) is 1. The van der Waals surface area contributed by atoms with Crippen molar-refractivity contribution in [2.24, 2.45) is 0 Å². The van der Waals surface area contributed by atoms with Crippen LogP contribution in [0.2, 0.25) is 0 Å². The van der Waals surface area contributed by atoms with Crippen LogP contribution in [-0.4, -0.2) is 29.1 Å². The summed E-state index contributed by atoms with van der Waals surface area (Å²) in [6.45, 7) is 0. The van der Waals surface area contributed by atoms with Crippen LogP contribution in [0, 0.1) is 10.1 Å². The third-order valence-corrected chi connectivity index (χ3v) is 4.98. The van der Waals surface area contributed by atoms with Crippen molar-refractivity contribution in [2.45, 2.75) is 6.18 Å². The fourth-order valence-corrected chi connectivity index (χ4v) is 3.34. The molecule has 11 heteroatoms. The molecule has 1 heterocycles. The van der Waals surface area contributed by atoms with Gasteiger partial charge in [-0.05, 0) is 30.3 Å². The number of rotatable bonds is 6. The standard InChI is InChI=1S/C23H17F3N4O4/c1-33-19-9-6-15(11-20(19)34-2)27-22-17-12-16(30(31)32)7-8-18(17)28-21(29-22)13-4-3-5-14(10-13)23(24,25)26/h3-12H,1-2H3,(H,27,28,29). The lowest BCUT2D eigenvalue weighted by atomic mass is 10.1. The molecule has 0 saturated carbocycles. The third kappa shape index (κ3) is 4.53. The minimum absolute atomic E-state index is 0.0235. The number of nitro groups is 1. The van der Waals surface area contributed by atoms with Crippen LogP contribution >= 0.6 is 0 Å². The van der Waals surface area contributed by atoms with E-state index in [4.69, 9.17) is 9.47 Å². The number of ether oxygens (including phenoxy) is 2. The first-order valence-electron chi connectivity index (χ1n) is 9.82. The van der Waals surface area contributed by atoms with E-state index in [2.05, 4.69) is 15.3 Å². The largest absolute Gasteiger partial charge is 0.493 e. The van der Waals surface area contributed by atoms with Crippen molar-refractivity contribution in [2.75, 3.05) is 19.5 Å². The van der Waals surface area contributed by atoms with E-state index in [9.17, 15) is 23.3 Å². The first-order valence-corrected chi connectivity index (χ1v) is 9.82. The molecule has 0 fully saturated rings. The Hall–Kier alpha value is -4.41. The summed E-state index contributed by atoms with van der Waals surface area (Å²) in [6.07, 6.45) is -4.53. The number of aromatic nitrogens is 2. The highest BCUT2D eigenvalue weighted by molar-refractivity contribution is 5.94. The molecular weight excluding hydrogens is 453 g/mol. The van der Waals surface area contributed by atoms with Crippen LogP contribution < -0.4 is 14.8 Å². The van der Waals surface area contributed by atoms with E-state index < -0.39 is 16.7 Å². The SMILES string of the molecule is COc1ccc(Nc2nc(-c3cccc(C(F)(F)F)c3)nc3ccc([N+](=O)[O-])cc23)cc1OC. The van der Waals surface area contributed by atoms with Crippen molar-refractivity contribution in [3.05, 3.63) is 76.3 Å². The van der Waals surface area contributed by atoms with Crippen LogP contribution in [0.25, 0.3) is 22.3 Å². The Labute approximate surface area is 191 Å². The van der Waals surface area contributed by atoms with E-state index >= 15 is 0 Å². The molecule has 0 amide bonds. The molecule has 0 aliphatic carbocycles. The molecule has 174 valence electrons. The molecule has 0 atom stereocenters. The van der Waals surface area contributed by atoms with Crippen molar-refractivity contribution >= 4 is 28.1 Å². The maximum Gasteiger partial charge on any atom is 0.416 e. The predicted octanol–water partition coefficient (Wildman–Crippen LogP) is 5.98. The molecule has 0 saturated heterocycles. The number of nitrogens with one attached hydrogen (secondary N) is 1. The number of hydrogen-bond acceptors (Lipinski definition) is 7. The number of non-ortho nitro benzene ring substituents is 1. The van der Waals surface area contributed by atoms with Crippen LogP contribution in [0.4, 0.5) is 30.4 Å². The van der Waals surface area contributed by atoms with E-state index in [-0.39, 0.29) is 22.9 Å². The quantitative estimate of drug-likeness (QED) is 0.273. The van der Waals surface area contributed by atoms with Gasteiger partial charge in [-0.15, -0.1) is 0 Å². The van der Waals surface area contributed by atoms with Gasteiger partial charge in [-0.25, -0.2) is 9.97 Å². The number of anilines is 2. The molecule has 0 aliphatic rings. The summed E-state index contributed by atoms with van der Waals surface area (Å²) in [5.74, 6) is 1.11. The molecule has 0 bridgehead atoms. The second-order valence-electron chi connectivity index (χ2n) is 7.13. The van der Waals surface area contributed by atoms with Gasteiger partial charge >= 0.3 is 6.18 Å². The number of nitrogens with zero attached hydrogens (tertiary/aromatic N) is 3. The van der Waals surface area contributed by atoms with Crippen molar-refractivity contribution in [3.8, 4) is 22.9 Å². The van der Waals surface area contributed by atoms with Gasteiger partial charge in [0.15, 0.2) is 17.3 Å². The molecule has 0 aliphatic heterocycles. The van der Waals surface area contributed by atoms with Crippen LogP contribution in [-0.2, 0) is 6.18 Å². The number of fused-ring (bicyclic) bond motifs is 1. The van der Waals surface area contributed by atoms with E-state index in [1.165, 1.54) is 44.6 Å². The summed E-state index contributed by atoms with van der Waals surface area (Å²) in [6, 6.07) is 13.6. The minimum atomic E-state index is -4.53. The monoisotopic (exact) mass is 470 g/mol. The fourth-order valence-electron chi connectivity index (χ4n) is 3.34. The summed E-state index contributed by atoms with van der Waals surface area (Å²) >= 11 is 0. The molecule has 1 N–H and O–H groups in total. The summed E-state index contributed by atoms with van der Waals surface area (Å²) in [5, 5.41) is 14.7. The van der Waals surface area contributed by atoms with Crippen molar-refractivity contribution in [3.63, 3.8) is 0 Å². The van der Waals surface area contributed by atoms with Gasteiger partial charge < -0.3 is 14.8 Å². The predicted molar refractivity (Wildman–Crippen MR) is 119 cm³/mol. The van der Waals surface area contributed by atoms with Crippen molar-refractivity contribution in [1.82, 2.24) is 9.97 Å². The first kappa shape index (κ1) is 22.8. The highest BCUT2D eigenvalue weighted by Gasteiger charge is 2.30. The Bertz CT molecular complexity index is 1390. The zero-order chi connectivity index (χ0) is 24.5. The molecule has 1 aromatic heterocycles. The van der Waals surface area contributed by atoms with Crippen LogP contribution in [0.15, 0.2) is 60.7 Å². The molecule has 34 heavy (non-hydrogen) atoms. The molecule has 4 rings (SSSR count). The zero-order valence-electron chi connectivity index (χ0n) is 17.9. The van der Waals surface area contributed by atoms with E-state index in [1.807, 2.05) is 0 Å². The van der Waals surface area contributed by atoms with Gasteiger partial charge in [0.2, 0.25) is 0 Å². The van der Waals surface area contributed by atoms with Gasteiger partial charge in [-0.3, -0.25) is 10.1 Å². The van der Waals surface area contributed by atoms with Gasteiger partial charge in [0.05, 0.1) is 30.2 Å². The van der Waals surface area contributed by atoms with Gasteiger partial charge in [0.25, 0.3) is 5.69 Å². The molecule has 4 aromatic rings. The normalized spacial score (nSPS) is 11.3. The molecule has 0 spiro atoms. The van der Waals surface area contributed by atoms with Crippen LogP contribution in [0.1, 0.15) is 5.56 Å². The average Bonchev–Trinajstić information content (AvgIpc) is 2.83. The molecule has 8 nitrogen and oxygen atoms in total. The fraction of sp³-hybridized carbons (Fsp3) is 0.130. The molecule has 3 aromatic carbocycles. The smallest absolute Gasteiger partial charge is 0.416 e. The van der Waals surface area contributed by atoms with E-state index in [0.29, 0.717) is 28.1 Å². The lowest BCUT2D eigenvalue weighted by Gasteiger charge is -2.14. The second kappa shape index (κ2) is 8.85. The average molecular weight is 470 g/mol. The molecule has 0 radical (unpaired) electrons. The molecule has 0 unspecified atom stereocenters. The Kier molecular flexibility index (Phi) is 5.93. The maximum absolute atomic E-state index is 13.2. The summed E-state index contributed by atoms with van der Waals surface area (Å²) < 4.78 is 50.2. The van der Waals surface area contributed by atoms with Gasteiger partial charge in [0.1, 0.15) is 5.82 Å². The van der Waals surface area contributed by atoms with Crippen LogP contribution in [0.5, 0.6) is 11.5 Å². The summed E-state index contributed by atoms with van der Waals surface area (Å²) in [4.78, 5) is 19.5. The highest BCUT2D eigenvalue weighted by atomic mass is 19.4. The number of alkyl halides is 3. The second-order valence-corrected chi connectivity index (χ2v) is 7.13. The molecular formula is C23H17F3N4O4. The van der Waals surface area contributed by atoms with Gasteiger partial charge in [-0.1, -0.05) is 12.1 Å². The minimum Gasteiger partial charge on any atom is -0.493 e. The van der Waals surface area contributed by atoms with E-state index in [0.717, 1.165) is 12.1 Å². The van der Waals surface area contributed by atoms with Crippen molar-refractivity contribution < 1.29 is 27.6 Å². The van der Waals surface area contributed by atoms with E-state index in [1.54, 1.807) is 18.2 Å². The Balaban J connectivity index is 1.88. The topological polar surface area (TPSA) is 99.4 Å². The number of methoxy groups -OCH3 is 2. The Morgan fingerprint density at radius 3 is 2.38 bits per heavy atom.